The molecule has 0 atom stereocenters. The van der Waals surface area contributed by atoms with Crippen molar-refractivity contribution >= 4 is 34.4 Å². The van der Waals surface area contributed by atoms with E-state index in [-0.39, 0.29) is 11.6 Å². The lowest BCUT2D eigenvalue weighted by Crippen LogP contribution is -2.04. The Balaban J connectivity index is 2.00. The summed E-state index contributed by atoms with van der Waals surface area (Å²) < 4.78 is 5.18. The molecule has 4 nitrogen and oxygen atoms in total. The quantitative estimate of drug-likeness (QED) is 0.744. The summed E-state index contributed by atoms with van der Waals surface area (Å²) in [6.45, 7) is 0. The first-order chi connectivity index (χ1) is 9.76. The third-order valence-electron chi connectivity index (χ3n) is 2.86. The normalized spacial score (nSPS) is 10.7. The number of nitrogens with zero attached hydrogens (tertiary/aromatic N) is 1. The van der Waals surface area contributed by atoms with Crippen molar-refractivity contribution in [3.05, 3.63) is 59.0 Å². The monoisotopic (exact) mass is 284 g/mol. The number of aromatic nitrogens is 1. The average Bonchev–Trinajstić information content (AvgIpc) is 2.47. The van der Waals surface area contributed by atoms with Gasteiger partial charge in [0.05, 0.1) is 10.9 Å². The van der Waals surface area contributed by atoms with Crippen LogP contribution in [-0.2, 0) is 0 Å². The first-order valence-electron chi connectivity index (χ1n) is 6.07. The smallest absolute Gasteiger partial charge is 0.348 e. The number of thioether (sulfide) groups is 1. The Morgan fingerprint density at radius 1 is 1.15 bits per heavy atom. The number of hydrogen-bond donors (Lipinski definition) is 1. The van der Waals surface area contributed by atoms with Crippen LogP contribution >= 0.6 is 11.8 Å². The molecule has 3 rings (SSSR count). The number of nitrogens with one attached hydrogen (secondary N) is 1. The number of hydrogen-bond acceptors (Lipinski definition) is 5. The molecule has 0 aliphatic carbocycles. The van der Waals surface area contributed by atoms with Crippen LogP contribution in [0.3, 0.4) is 0 Å². The third-order valence-corrected chi connectivity index (χ3v) is 3.58. The van der Waals surface area contributed by atoms with Gasteiger partial charge in [-0.15, -0.1) is 11.8 Å². The van der Waals surface area contributed by atoms with Crippen molar-refractivity contribution in [3.63, 3.8) is 0 Å². The van der Waals surface area contributed by atoms with Gasteiger partial charge in [-0.1, -0.05) is 18.2 Å². The van der Waals surface area contributed by atoms with Gasteiger partial charge in [-0.3, -0.25) is 0 Å². The number of rotatable bonds is 3. The lowest BCUT2D eigenvalue weighted by Gasteiger charge is -2.06. The zero-order valence-electron chi connectivity index (χ0n) is 10.8. The molecule has 0 radical (unpaired) electrons. The van der Waals surface area contributed by atoms with Crippen LogP contribution < -0.4 is 10.9 Å². The molecule has 5 heteroatoms. The maximum atomic E-state index is 11.9. The van der Waals surface area contributed by atoms with Crippen LogP contribution in [0.4, 0.5) is 11.7 Å². The van der Waals surface area contributed by atoms with E-state index in [2.05, 4.69) is 10.3 Å². The summed E-state index contributed by atoms with van der Waals surface area (Å²) >= 11 is 1.65. The number of anilines is 2. The van der Waals surface area contributed by atoms with E-state index in [4.69, 9.17) is 4.42 Å². The minimum absolute atomic E-state index is 0.201. The van der Waals surface area contributed by atoms with Gasteiger partial charge >= 0.3 is 11.6 Å². The van der Waals surface area contributed by atoms with E-state index in [0.29, 0.717) is 10.9 Å². The molecular formula is C15H12N2O2S. The van der Waals surface area contributed by atoms with Gasteiger partial charge in [0.2, 0.25) is 0 Å². The largest absolute Gasteiger partial charge is 0.388 e. The van der Waals surface area contributed by atoms with Crippen LogP contribution in [0.25, 0.3) is 10.9 Å². The lowest BCUT2D eigenvalue weighted by atomic mass is 10.2. The molecule has 0 unspecified atom stereocenters. The van der Waals surface area contributed by atoms with E-state index in [9.17, 15) is 4.79 Å². The molecule has 0 amide bonds. The minimum atomic E-state index is -0.390. The Morgan fingerprint density at radius 2 is 2.00 bits per heavy atom. The Kier molecular flexibility index (Phi) is 3.43. The highest BCUT2D eigenvalue weighted by Gasteiger charge is 2.06. The molecule has 0 fully saturated rings. The van der Waals surface area contributed by atoms with Crippen LogP contribution in [0.2, 0.25) is 0 Å². The molecule has 1 N–H and O–H groups in total. The summed E-state index contributed by atoms with van der Waals surface area (Å²) in [5.41, 5.74) is 1.06. The Morgan fingerprint density at radius 3 is 2.85 bits per heavy atom. The standard InChI is InChI=1S/C15H12N2O2S/c1-20-11-6-4-5-10(9-11)16-15-17-13-8-3-2-7-12(13)14(18)19-15/h2-9H,1H3,(H,16,17). The van der Waals surface area contributed by atoms with Gasteiger partial charge in [-0.2, -0.15) is 4.98 Å². The summed E-state index contributed by atoms with van der Waals surface area (Å²) in [5, 5.41) is 3.50. The fourth-order valence-electron chi connectivity index (χ4n) is 1.90. The summed E-state index contributed by atoms with van der Waals surface area (Å²) in [5.74, 6) is 0. The Labute approximate surface area is 119 Å². The zero-order valence-corrected chi connectivity index (χ0v) is 11.6. The molecular weight excluding hydrogens is 272 g/mol. The number of benzene rings is 2. The van der Waals surface area contributed by atoms with Gasteiger partial charge < -0.3 is 9.73 Å². The van der Waals surface area contributed by atoms with E-state index in [1.54, 1.807) is 30.0 Å². The van der Waals surface area contributed by atoms with Crippen molar-refractivity contribution in [3.8, 4) is 0 Å². The van der Waals surface area contributed by atoms with Gasteiger partial charge in [0.1, 0.15) is 0 Å². The first-order valence-corrected chi connectivity index (χ1v) is 7.30. The maximum absolute atomic E-state index is 11.9. The number of fused-ring (bicyclic) bond motifs is 1. The van der Waals surface area contributed by atoms with Crippen LogP contribution in [0.15, 0.2) is 62.6 Å². The van der Waals surface area contributed by atoms with E-state index >= 15 is 0 Å². The zero-order chi connectivity index (χ0) is 13.9. The van der Waals surface area contributed by atoms with Crippen molar-refractivity contribution in [1.29, 1.82) is 0 Å². The fraction of sp³-hybridized carbons (Fsp3) is 0.0667. The molecule has 20 heavy (non-hydrogen) atoms. The van der Waals surface area contributed by atoms with Crippen LogP contribution in [0.5, 0.6) is 0 Å². The highest BCUT2D eigenvalue weighted by molar-refractivity contribution is 7.98. The van der Waals surface area contributed by atoms with E-state index in [0.717, 1.165) is 10.6 Å². The predicted octanol–water partition coefficient (Wildman–Crippen LogP) is 3.65. The van der Waals surface area contributed by atoms with Crippen LogP contribution in [0, 0.1) is 0 Å². The van der Waals surface area contributed by atoms with Crippen molar-refractivity contribution in [2.45, 2.75) is 4.90 Å². The summed E-state index contributed by atoms with van der Waals surface area (Å²) in [4.78, 5) is 17.3. The summed E-state index contributed by atoms with van der Waals surface area (Å²) in [6, 6.07) is 15.1. The average molecular weight is 284 g/mol. The minimum Gasteiger partial charge on any atom is -0.388 e. The highest BCUT2D eigenvalue weighted by atomic mass is 32.2. The highest BCUT2D eigenvalue weighted by Crippen LogP contribution is 2.21. The predicted molar refractivity (Wildman–Crippen MR) is 81.8 cm³/mol. The van der Waals surface area contributed by atoms with Crippen molar-refractivity contribution in [1.82, 2.24) is 4.98 Å². The summed E-state index contributed by atoms with van der Waals surface area (Å²) in [6.07, 6.45) is 2.01. The Hall–Kier alpha value is -2.27. The van der Waals surface area contributed by atoms with E-state index in [1.807, 2.05) is 36.6 Å². The molecule has 1 heterocycles. The lowest BCUT2D eigenvalue weighted by molar-refractivity contribution is 0.522. The van der Waals surface area contributed by atoms with Crippen molar-refractivity contribution < 1.29 is 4.42 Å². The second-order valence-electron chi connectivity index (χ2n) is 4.18. The molecule has 100 valence electrons. The summed E-state index contributed by atoms with van der Waals surface area (Å²) in [7, 11) is 0. The molecule has 0 aliphatic heterocycles. The topological polar surface area (TPSA) is 55.1 Å². The molecule has 0 aliphatic rings. The van der Waals surface area contributed by atoms with E-state index < -0.39 is 0 Å². The second kappa shape index (κ2) is 5.38. The van der Waals surface area contributed by atoms with Gasteiger partial charge in [-0.05, 0) is 36.6 Å². The van der Waals surface area contributed by atoms with Gasteiger partial charge in [0.25, 0.3) is 0 Å². The van der Waals surface area contributed by atoms with Crippen LogP contribution in [0.1, 0.15) is 0 Å². The Bertz CT molecular complexity index is 814. The molecule has 0 saturated carbocycles. The molecule has 3 aromatic rings. The van der Waals surface area contributed by atoms with Crippen molar-refractivity contribution in [2.75, 3.05) is 11.6 Å². The molecule has 0 spiro atoms. The molecule has 0 saturated heterocycles. The fourth-order valence-corrected chi connectivity index (χ4v) is 2.36. The maximum Gasteiger partial charge on any atom is 0.348 e. The number of para-hydroxylation sites is 1. The molecule has 0 bridgehead atoms. The van der Waals surface area contributed by atoms with Crippen molar-refractivity contribution in [2.24, 2.45) is 0 Å². The second-order valence-corrected chi connectivity index (χ2v) is 5.06. The first kappa shape index (κ1) is 12.7. The van der Waals surface area contributed by atoms with Gasteiger partial charge in [-0.25, -0.2) is 4.79 Å². The van der Waals surface area contributed by atoms with Gasteiger partial charge in [0.15, 0.2) is 0 Å². The SMILES string of the molecule is CSc1cccc(Nc2nc3ccccc3c(=O)o2)c1. The van der Waals surface area contributed by atoms with Crippen LogP contribution in [-0.4, -0.2) is 11.2 Å². The molecule has 2 aromatic carbocycles. The third kappa shape index (κ3) is 2.53. The molecule has 1 aromatic heterocycles. The van der Waals surface area contributed by atoms with E-state index in [1.165, 1.54) is 0 Å². The van der Waals surface area contributed by atoms with Gasteiger partial charge in [0, 0.05) is 10.6 Å².